The largest absolute Gasteiger partial charge is 0.481 e. The van der Waals surface area contributed by atoms with Gasteiger partial charge in [-0.2, -0.15) is 0 Å². The summed E-state index contributed by atoms with van der Waals surface area (Å²) < 4.78 is 0. The third-order valence-electron chi connectivity index (χ3n) is 2.83. The first-order valence-electron chi connectivity index (χ1n) is 6.38. The van der Waals surface area contributed by atoms with E-state index in [1.54, 1.807) is 6.92 Å². The van der Waals surface area contributed by atoms with Gasteiger partial charge in [-0.05, 0) is 18.4 Å². The average molecular weight is 264 g/mol. The highest BCUT2D eigenvalue weighted by atomic mass is 16.4. The molecule has 1 aromatic carbocycles. The first-order valence-corrected chi connectivity index (χ1v) is 6.38. The van der Waals surface area contributed by atoms with Crippen LogP contribution in [0.4, 0.5) is 4.79 Å². The minimum absolute atomic E-state index is 0.256. The lowest BCUT2D eigenvalue weighted by molar-refractivity contribution is -0.141. The van der Waals surface area contributed by atoms with E-state index in [2.05, 4.69) is 10.6 Å². The Balaban J connectivity index is 2.10. The number of benzene rings is 1. The summed E-state index contributed by atoms with van der Waals surface area (Å²) in [4.78, 5) is 22.0. The van der Waals surface area contributed by atoms with Crippen molar-refractivity contribution in [2.75, 3.05) is 13.1 Å². The minimum atomic E-state index is -0.841. The van der Waals surface area contributed by atoms with Crippen molar-refractivity contribution in [3.05, 3.63) is 35.9 Å². The number of hydrogen-bond donors (Lipinski definition) is 3. The van der Waals surface area contributed by atoms with Gasteiger partial charge in [0.2, 0.25) is 0 Å². The second-order valence-corrected chi connectivity index (χ2v) is 4.45. The van der Waals surface area contributed by atoms with Crippen LogP contribution in [0.15, 0.2) is 30.3 Å². The Labute approximate surface area is 113 Å². The molecule has 1 aromatic rings. The summed E-state index contributed by atoms with van der Waals surface area (Å²) in [5.74, 6) is -1.28. The fourth-order valence-electron chi connectivity index (χ4n) is 1.55. The van der Waals surface area contributed by atoms with Crippen LogP contribution in [0.25, 0.3) is 0 Å². The summed E-state index contributed by atoms with van der Waals surface area (Å²) in [7, 11) is 0. The second-order valence-electron chi connectivity index (χ2n) is 4.45. The predicted octanol–water partition coefficient (Wildman–Crippen LogP) is 1.64. The normalized spacial score (nSPS) is 11.6. The number of carbonyl (C=O) groups excluding carboxylic acids is 1. The lowest BCUT2D eigenvalue weighted by Gasteiger charge is -2.09. The van der Waals surface area contributed by atoms with Crippen molar-refractivity contribution in [1.29, 1.82) is 0 Å². The molecule has 0 spiro atoms. The van der Waals surface area contributed by atoms with Crippen LogP contribution >= 0.6 is 0 Å². The Morgan fingerprint density at radius 2 is 1.79 bits per heavy atom. The molecular weight excluding hydrogens is 244 g/mol. The van der Waals surface area contributed by atoms with E-state index < -0.39 is 11.9 Å². The van der Waals surface area contributed by atoms with E-state index in [4.69, 9.17) is 5.11 Å². The molecule has 3 N–H and O–H groups in total. The maximum absolute atomic E-state index is 11.4. The van der Waals surface area contributed by atoms with Crippen LogP contribution in [0.3, 0.4) is 0 Å². The standard InChI is InChI=1S/C14H20N2O3/c1-11(13(17)18)7-9-15-14(19)16-10-8-12-5-3-2-4-6-12/h2-6,11H,7-10H2,1H3,(H,17,18)(H2,15,16,19). The van der Waals surface area contributed by atoms with Gasteiger partial charge in [0.05, 0.1) is 5.92 Å². The number of urea groups is 1. The number of carbonyl (C=O) groups is 2. The van der Waals surface area contributed by atoms with Gasteiger partial charge in [-0.1, -0.05) is 37.3 Å². The molecule has 0 saturated carbocycles. The van der Waals surface area contributed by atoms with Crippen molar-refractivity contribution in [3.63, 3.8) is 0 Å². The fourth-order valence-corrected chi connectivity index (χ4v) is 1.55. The third-order valence-corrected chi connectivity index (χ3v) is 2.83. The van der Waals surface area contributed by atoms with E-state index in [0.29, 0.717) is 19.5 Å². The quantitative estimate of drug-likeness (QED) is 0.700. The summed E-state index contributed by atoms with van der Waals surface area (Å²) >= 11 is 0. The zero-order valence-corrected chi connectivity index (χ0v) is 11.1. The van der Waals surface area contributed by atoms with Gasteiger partial charge in [-0.25, -0.2) is 4.79 Å². The Morgan fingerprint density at radius 1 is 1.16 bits per heavy atom. The summed E-state index contributed by atoms with van der Waals surface area (Å²) in [6, 6.07) is 9.63. The number of rotatable bonds is 7. The van der Waals surface area contributed by atoms with Crippen molar-refractivity contribution in [1.82, 2.24) is 10.6 Å². The first kappa shape index (κ1) is 15.0. The molecule has 104 valence electrons. The zero-order valence-electron chi connectivity index (χ0n) is 11.1. The summed E-state index contributed by atoms with van der Waals surface area (Å²) in [5, 5.41) is 14.1. The third kappa shape index (κ3) is 6.45. The highest BCUT2D eigenvalue weighted by Crippen LogP contribution is 1.99. The lowest BCUT2D eigenvalue weighted by atomic mass is 10.1. The molecule has 5 nitrogen and oxygen atoms in total. The number of amides is 2. The summed E-state index contributed by atoms with van der Waals surface area (Å²) in [5.41, 5.74) is 1.17. The summed E-state index contributed by atoms with van der Waals surface area (Å²) in [6.45, 7) is 2.55. The van der Waals surface area contributed by atoms with Crippen molar-refractivity contribution in [3.8, 4) is 0 Å². The predicted molar refractivity (Wildman–Crippen MR) is 73.0 cm³/mol. The van der Waals surface area contributed by atoms with Crippen LogP contribution < -0.4 is 10.6 Å². The Hall–Kier alpha value is -2.04. The molecular formula is C14H20N2O3. The van der Waals surface area contributed by atoms with Gasteiger partial charge in [0, 0.05) is 13.1 Å². The molecule has 1 unspecified atom stereocenters. The molecule has 19 heavy (non-hydrogen) atoms. The van der Waals surface area contributed by atoms with E-state index in [9.17, 15) is 9.59 Å². The number of carboxylic acids is 1. The van der Waals surface area contributed by atoms with Gasteiger partial charge in [0.1, 0.15) is 0 Å². The van der Waals surface area contributed by atoms with E-state index in [1.807, 2.05) is 30.3 Å². The fraction of sp³-hybridized carbons (Fsp3) is 0.429. The van der Waals surface area contributed by atoms with Crippen LogP contribution in [0, 0.1) is 5.92 Å². The Bertz CT molecular complexity index is 406. The maximum atomic E-state index is 11.4. The molecule has 0 aliphatic heterocycles. The topological polar surface area (TPSA) is 78.4 Å². The Kier molecular flexibility index (Phi) is 6.43. The summed E-state index contributed by atoms with van der Waals surface area (Å²) in [6.07, 6.45) is 1.21. The smallest absolute Gasteiger partial charge is 0.314 e. The average Bonchev–Trinajstić information content (AvgIpc) is 2.39. The number of hydrogen-bond acceptors (Lipinski definition) is 2. The molecule has 0 fully saturated rings. The molecule has 0 aliphatic carbocycles. The van der Waals surface area contributed by atoms with Crippen molar-refractivity contribution < 1.29 is 14.7 Å². The molecule has 0 radical (unpaired) electrons. The van der Waals surface area contributed by atoms with Gasteiger partial charge >= 0.3 is 12.0 Å². The molecule has 5 heteroatoms. The van der Waals surface area contributed by atoms with Gasteiger partial charge < -0.3 is 15.7 Å². The lowest BCUT2D eigenvalue weighted by Crippen LogP contribution is -2.37. The highest BCUT2D eigenvalue weighted by molar-refractivity contribution is 5.74. The molecule has 0 saturated heterocycles. The molecule has 2 amide bonds. The van der Waals surface area contributed by atoms with Crippen molar-refractivity contribution in [2.24, 2.45) is 5.92 Å². The van der Waals surface area contributed by atoms with Crippen molar-refractivity contribution in [2.45, 2.75) is 19.8 Å². The zero-order chi connectivity index (χ0) is 14.1. The monoisotopic (exact) mass is 264 g/mol. The van der Waals surface area contributed by atoms with Gasteiger partial charge in [-0.3, -0.25) is 4.79 Å². The van der Waals surface area contributed by atoms with Crippen LogP contribution in [0.5, 0.6) is 0 Å². The van der Waals surface area contributed by atoms with Crippen molar-refractivity contribution >= 4 is 12.0 Å². The second kappa shape index (κ2) is 8.13. The molecule has 1 atom stereocenters. The Morgan fingerprint density at radius 3 is 2.42 bits per heavy atom. The van der Waals surface area contributed by atoms with E-state index in [0.717, 1.165) is 6.42 Å². The van der Waals surface area contributed by atoms with Gasteiger partial charge in [0.25, 0.3) is 0 Å². The van der Waals surface area contributed by atoms with E-state index in [-0.39, 0.29) is 6.03 Å². The number of carboxylic acid groups (broad SMARTS) is 1. The number of aliphatic carboxylic acids is 1. The van der Waals surface area contributed by atoms with Gasteiger partial charge in [0.15, 0.2) is 0 Å². The van der Waals surface area contributed by atoms with E-state index in [1.165, 1.54) is 5.56 Å². The molecule has 0 aromatic heterocycles. The number of nitrogens with one attached hydrogen (secondary N) is 2. The first-order chi connectivity index (χ1) is 9.09. The van der Waals surface area contributed by atoms with Crippen LogP contribution in [-0.4, -0.2) is 30.2 Å². The molecule has 0 heterocycles. The van der Waals surface area contributed by atoms with E-state index >= 15 is 0 Å². The minimum Gasteiger partial charge on any atom is -0.481 e. The maximum Gasteiger partial charge on any atom is 0.314 e. The van der Waals surface area contributed by atoms with Gasteiger partial charge in [-0.15, -0.1) is 0 Å². The molecule has 0 bridgehead atoms. The molecule has 1 rings (SSSR count). The molecule has 0 aliphatic rings. The highest BCUT2D eigenvalue weighted by Gasteiger charge is 2.10. The van der Waals surface area contributed by atoms with Crippen LogP contribution in [0.2, 0.25) is 0 Å². The van der Waals surface area contributed by atoms with Crippen LogP contribution in [0.1, 0.15) is 18.9 Å². The van der Waals surface area contributed by atoms with Crippen LogP contribution in [-0.2, 0) is 11.2 Å². The SMILES string of the molecule is CC(CCNC(=O)NCCc1ccccc1)C(=O)O.